The molecular weight excluding hydrogens is 324 g/mol. The molecule has 2 rings (SSSR count). The topological polar surface area (TPSA) is 65.5 Å². The van der Waals surface area contributed by atoms with Crippen molar-refractivity contribution in [2.75, 3.05) is 14.1 Å². The number of carbonyl (C=O) groups excluding carboxylic acids is 1. The van der Waals surface area contributed by atoms with Crippen LogP contribution in [0.25, 0.3) is 0 Å². The van der Waals surface area contributed by atoms with Gasteiger partial charge in [-0.25, -0.2) is 0 Å². The molecule has 0 radical (unpaired) electrons. The van der Waals surface area contributed by atoms with Crippen molar-refractivity contribution in [1.29, 1.82) is 0 Å². The number of nitrogens with zero attached hydrogens (tertiary/aromatic N) is 1. The zero-order chi connectivity index (χ0) is 18.8. The molecule has 1 atom stereocenters. The highest BCUT2D eigenvalue weighted by Gasteiger charge is 2.06. The van der Waals surface area contributed by atoms with Crippen LogP contribution >= 0.6 is 0 Å². The maximum atomic E-state index is 11.6. The molecular formula is C21H28N4O. The molecule has 2 aromatic carbocycles. The molecule has 5 heteroatoms. The number of carbonyl (C=O) groups is 1. The fraction of sp³-hybridized carbons (Fsp3) is 0.333. The van der Waals surface area contributed by atoms with Crippen LogP contribution in [0.3, 0.4) is 0 Å². The second kappa shape index (κ2) is 10.2. The second-order valence-corrected chi connectivity index (χ2v) is 6.27. The minimum Gasteiger partial charge on any atom is -0.355 e. The summed E-state index contributed by atoms with van der Waals surface area (Å²) in [4.78, 5) is 15.9. The standard InChI is InChI=1S/C21H28N4O/c1-16(9-10-17-7-5-4-6-8-17)25-21(23-3)24-15-18-11-13-19(14-12-18)20(26)22-2/h4-8,11-14,16H,9-10,15H2,1-3H3,(H,22,26)(H2,23,24,25). The molecule has 0 aliphatic carbocycles. The lowest BCUT2D eigenvalue weighted by atomic mass is 10.1. The third-order valence-corrected chi connectivity index (χ3v) is 4.22. The lowest BCUT2D eigenvalue weighted by molar-refractivity contribution is 0.0963. The Kier molecular flexibility index (Phi) is 7.68. The van der Waals surface area contributed by atoms with Crippen molar-refractivity contribution >= 4 is 11.9 Å². The first-order chi connectivity index (χ1) is 12.6. The molecule has 1 unspecified atom stereocenters. The highest BCUT2D eigenvalue weighted by molar-refractivity contribution is 5.93. The summed E-state index contributed by atoms with van der Waals surface area (Å²) >= 11 is 0. The lowest BCUT2D eigenvalue weighted by Crippen LogP contribution is -2.42. The zero-order valence-corrected chi connectivity index (χ0v) is 15.8. The van der Waals surface area contributed by atoms with E-state index in [1.165, 1.54) is 5.56 Å². The number of hydrogen-bond donors (Lipinski definition) is 3. The fourth-order valence-corrected chi connectivity index (χ4v) is 2.63. The van der Waals surface area contributed by atoms with Gasteiger partial charge in [0.05, 0.1) is 0 Å². The predicted molar refractivity (Wildman–Crippen MR) is 107 cm³/mol. The van der Waals surface area contributed by atoms with Crippen LogP contribution in [0, 0.1) is 0 Å². The van der Waals surface area contributed by atoms with Gasteiger partial charge in [-0.15, -0.1) is 0 Å². The van der Waals surface area contributed by atoms with E-state index in [1.807, 2.05) is 30.3 Å². The number of rotatable bonds is 7. The molecule has 0 aliphatic rings. The molecule has 0 saturated heterocycles. The van der Waals surface area contributed by atoms with E-state index in [1.54, 1.807) is 14.1 Å². The van der Waals surface area contributed by atoms with Gasteiger partial charge in [-0.3, -0.25) is 9.79 Å². The van der Waals surface area contributed by atoms with E-state index in [4.69, 9.17) is 0 Å². The Morgan fingerprint density at radius 2 is 1.73 bits per heavy atom. The lowest BCUT2D eigenvalue weighted by Gasteiger charge is -2.18. The van der Waals surface area contributed by atoms with E-state index in [-0.39, 0.29) is 5.91 Å². The van der Waals surface area contributed by atoms with Crippen LogP contribution in [-0.2, 0) is 13.0 Å². The number of aliphatic imine (C=N–C) groups is 1. The van der Waals surface area contributed by atoms with E-state index in [0.29, 0.717) is 18.2 Å². The van der Waals surface area contributed by atoms with Gasteiger partial charge in [0.25, 0.3) is 5.91 Å². The first kappa shape index (κ1) is 19.5. The number of guanidine groups is 1. The molecule has 3 N–H and O–H groups in total. The van der Waals surface area contributed by atoms with Gasteiger partial charge >= 0.3 is 0 Å². The third-order valence-electron chi connectivity index (χ3n) is 4.22. The van der Waals surface area contributed by atoms with Crippen molar-refractivity contribution in [3.63, 3.8) is 0 Å². The molecule has 2 aromatic rings. The Labute approximate surface area is 155 Å². The summed E-state index contributed by atoms with van der Waals surface area (Å²) in [5.41, 5.74) is 3.10. The van der Waals surface area contributed by atoms with E-state index < -0.39 is 0 Å². The summed E-state index contributed by atoms with van der Waals surface area (Å²) in [6.07, 6.45) is 2.07. The van der Waals surface area contributed by atoms with Gasteiger partial charge in [-0.05, 0) is 43.0 Å². The summed E-state index contributed by atoms with van der Waals surface area (Å²) in [5.74, 6) is 0.704. The highest BCUT2D eigenvalue weighted by atomic mass is 16.1. The highest BCUT2D eigenvalue weighted by Crippen LogP contribution is 2.06. The largest absolute Gasteiger partial charge is 0.355 e. The third kappa shape index (κ3) is 6.24. The second-order valence-electron chi connectivity index (χ2n) is 6.27. The molecule has 0 fully saturated rings. The normalized spacial score (nSPS) is 12.3. The van der Waals surface area contributed by atoms with Crippen molar-refractivity contribution < 1.29 is 4.79 Å². The number of amides is 1. The van der Waals surface area contributed by atoms with Gasteiger partial charge in [0, 0.05) is 32.2 Å². The van der Waals surface area contributed by atoms with Gasteiger partial charge in [-0.2, -0.15) is 0 Å². The van der Waals surface area contributed by atoms with Crippen molar-refractivity contribution in [2.24, 2.45) is 4.99 Å². The summed E-state index contributed by atoms with van der Waals surface area (Å²) < 4.78 is 0. The smallest absolute Gasteiger partial charge is 0.251 e. The first-order valence-electron chi connectivity index (χ1n) is 8.94. The van der Waals surface area contributed by atoms with Crippen LogP contribution in [0.2, 0.25) is 0 Å². The van der Waals surface area contributed by atoms with Crippen LogP contribution in [-0.4, -0.2) is 32.0 Å². The Balaban J connectivity index is 1.79. The van der Waals surface area contributed by atoms with E-state index in [2.05, 4.69) is 52.1 Å². The van der Waals surface area contributed by atoms with Crippen molar-refractivity contribution in [2.45, 2.75) is 32.4 Å². The molecule has 138 valence electrons. The summed E-state index contributed by atoms with van der Waals surface area (Å²) in [5, 5.41) is 9.36. The molecule has 5 nitrogen and oxygen atoms in total. The van der Waals surface area contributed by atoms with E-state index >= 15 is 0 Å². The Hall–Kier alpha value is -2.82. The van der Waals surface area contributed by atoms with Crippen molar-refractivity contribution in [3.8, 4) is 0 Å². The SMILES string of the molecule is CN=C(NCc1ccc(C(=O)NC)cc1)NC(C)CCc1ccccc1. The Morgan fingerprint density at radius 3 is 2.35 bits per heavy atom. The molecule has 0 heterocycles. The first-order valence-corrected chi connectivity index (χ1v) is 8.94. The van der Waals surface area contributed by atoms with E-state index in [9.17, 15) is 4.79 Å². The molecule has 0 bridgehead atoms. The van der Waals surface area contributed by atoms with E-state index in [0.717, 1.165) is 24.4 Å². The minimum absolute atomic E-state index is 0.0748. The van der Waals surface area contributed by atoms with Crippen LogP contribution < -0.4 is 16.0 Å². The van der Waals surface area contributed by atoms with Gasteiger partial charge in [0.15, 0.2) is 5.96 Å². The predicted octanol–water partition coefficient (Wildman–Crippen LogP) is 2.73. The quantitative estimate of drug-likeness (QED) is 0.530. The van der Waals surface area contributed by atoms with Crippen LogP contribution in [0.15, 0.2) is 59.6 Å². The average Bonchev–Trinajstić information content (AvgIpc) is 2.70. The monoisotopic (exact) mass is 352 g/mol. The number of nitrogens with one attached hydrogen (secondary N) is 3. The van der Waals surface area contributed by atoms with Crippen LogP contribution in [0.5, 0.6) is 0 Å². The Bertz CT molecular complexity index is 711. The molecule has 0 aromatic heterocycles. The molecule has 26 heavy (non-hydrogen) atoms. The minimum atomic E-state index is -0.0748. The van der Waals surface area contributed by atoms with Crippen LogP contribution in [0.1, 0.15) is 34.8 Å². The summed E-state index contributed by atoms with van der Waals surface area (Å²) in [6.45, 7) is 2.81. The number of hydrogen-bond acceptors (Lipinski definition) is 2. The zero-order valence-electron chi connectivity index (χ0n) is 15.8. The van der Waals surface area contributed by atoms with Gasteiger partial charge in [0.1, 0.15) is 0 Å². The van der Waals surface area contributed by atoms with Gasteiger partial charge < -0.3 is 16.0 Å². The van der Waals surface area contributed by atoms with Crippen molar-refractivity contribution in [3.05, 3.63) is 71.3 Å². The summed E-state index contributed by atoms with van der Waals surface area (Å²) in [7, 11) is 3.40. The molecule has 1 amide bonds. The molecule has 0 saturated carbocycles. The van der Waals surface area contributed by atoms with Gasteiger partial charge in [0.2, 0.25) is 0 Å². The number of aryl methyl sites for hydroxylation is 1. The molecule has 0 aliphatic heterocycles. The maximum Gasteiger partial charge on any atom is 0.251 e. The maximum absolute atomic E-state index is 11.6. The molecule has 0 spiro atoms. The average molecular weight is 352 g/mol. The summed E-state index contributed by atoms with van der Waals surface area (Å²) in [6, 6.07) is 18.4. The van der Waals surface area contributed by atoms with Crippen molar-refractivity contribution in [1.82, 2.24) is 16.0 Å². The van der Waals surface area contributed by atoms with Crippen LogP contribution in [0.4, 0.5) is 0 Å². The fourth-order valence-electron chi connectivity index (χ4n) is 2.63. The Morgan fingerprint density at radius 1 is 1.04 bits per heavy atom. The van der Waals surface area contributed by atoms with Gasteiger partial charge in [-0.1, -0.05) is 42.5 Å². The number of benzene rings is 2.